The maximum atomic E-state index is 12.2. The van der Waals surface area contributed by atoms with Gasteiger partial charge in [-0.05, 0) is 19.8 Å². The van der Waals surface area contributed by atoms with Crippen molar-refractivity contribution in [2.45, 2.75) is 39.2 Å². The van der Waals surface area contributed by atoms with Crippen molar-refractivity contribution in [2.75, 3.05) is 0 Å². The molecule has 1 aromatic rings. The molecule has 2 N–H and O–H groups in total. The highest BCUT2D eigenvalue weighted by Gasteiger charge is 2.35. The predicted octanol–water partition coefficient (Wildman–Crippen LogP) is 1.24. The molecule has 20 heavy (non-hydrogen) atoms. The third kappa shape index (κ3) is 3.18. The normalized spacial score (nSPS) is 22.5. The third-order valence-electron chi connectivity index (χ3n) is 3.99. The van der Waals surface area contributed by atoms with E-state index in [1.807, 2.05) is 20.2 Å². The summed E-state index contributed by atoms with van der Waals surface area (Å²) in [6.07, 6.45) is 4.94. The number of rotatable bonds is 4. The number of carbonyl (C=O) groups is 2. The first-order valence-electron chi connectivity index (χ1n) is 6.98. The molecule has 0 bridgehead atoms. The highest BCUT2D eigenvalue weighted by Crippen LogP contribution is 2.30. The Morgan fingerprint density at radius 3 is 2.60 bits per heavy atom. The topological polar surface area (TPSA) is 84.2 Å². The van der Waals surface area contributed by atoms with Crippen molar-refractivity contribution >= 4 is 11.9 Å². The summed E-state index contributed by atoms with van der Waals surface area (Å²) in [7, 11) is 1.83. The molecule has 0 aromatic carbocycles. The first kappa shape index (κ1) is 14.6. The zero-order chi connectivity index (χ0) is 14.7. The number of hydrogen-bond donors (Lipinski definition) is 2. The fourth-order valence-electron chi connectivity index (χ4n) is 2.88. The molecule has 0 aliphatic heterocycles. The molecule has 2 rings (SSSR count). The van der Waals surface area contributed by atoms with E-state index in [1.165, 1.54) is 0 Å². The standard InChI is InChI=1S/C14H21N3O3/c1-9-10(8-17(2)16-9)7-15-13(18)11-5-3-4-6-12(11)14(19)20/h8,11-12H,3-7H2,1-2H3,(H,15,18)(H,19,20)/t11-,12+/m1/s1. The molecule has 1 amide bonds. The molecule has 0 unspecified atom stereocenters. The van der Waals surface area contributed by atoms with Gasteiger partial charge < -0.3 is 10.4 Å². The number of nitrogens with zero attached hydrogens (tertiary/aromatic N) is 2. The van der Waals surface area contributed by atoms with Gasteiger partial charge in [-0.3, -0.25) is 14.3 Å². The first-order valence-corrected chi connectivity index (χ1v) is 6.98. The van der Waals surface area contributed by atoms with E-state index in [4.69, 9.17) is 0 Å². The lowest BCUT2D eigenvalue weighted by atomic mass is 9.78. The van der Waals surface area contributed by atoms with E-state index in [0.717, 1.165) is 24.1 Å². The summed E-state index contributed by atoms with van der Waals surface area (Å²) in [6.45, 7) is 2.30. The van der Waals surface area contributed by atoms with E-state index in [0.29, 0.717) is 19.4 Å². The number of carboxylic acids is 1. The Morgan fingerprint density at radius 1 is 1.40 bits per heavy atom. The molecule has 1 aliphatic carbocycles. The summed E-state index contributed by atoms with van der Waals surface area (Å²) in [5.74, 6) is -1.96. The predicted molar refractivity (Wildman–Crippen MR) is 72.9 cm³/mol. The minimum atomic E-state index is -0.859. The molecule has 1 aromatic heterocycles. The summed E-state index contributed by atoms with van der Waals surface area (Å²) in [5, 5.41) is 16.3. The number of carboxylic acid groups (broad SMARTS) is 1. The fraction of sp³-hybridized carbons (Fsp3) is 0.643. The summed E-state index contributed by atoms with van der Waals surface area (Å²) < 4.78 is 1.71. The molecule has 2 atom stereocenters. The Morgan fingerprint density at radius 2 is 2.05 bits per heavy atom. The van der Waals surface area contributed by atoms with Crippen LogP contribution in [0.3, 0.4) is 0 Å². The van der Waals surface area contributed by atoms with Crippen molar-refractivity contribution in [1.82, 2.24) is 15.1 Å². The summed E-state index contributed by atoms with van der Waals surface area (Å²) in [5.41, 5.74) is 1.84. The van der Waals surface area contributed by atoms with Crippen LogP contribution in [0.1, 0.15) is 36.9 Å². The van der Waals surface area contributed by atoms with Gasteiger partial charge in [0, 0.05) is 25.4 Å². The maximum absolute atomic E-state index is 12.2. The highest BCUT2D eigenvalue weighted by atomic mass is 16.4. The molecule has 6 nitrogen and oxygen atoms in total. The Kier molecular flexibility index (Phi) is 4.42. The molecule has 1 fully saturated rings. The molecule has 110 valence electrons. The minimum Gasteiger partial charge on any atom is -0.481 e. The van der Waals surface area contributed by atoms with Crippen LogP contribution in [0.5, 0.6) is 0 Å². The zero-order valence-electron chi connectivity index (χ0n) is 11.9. The van der Waals surface area contributed by atoms with Crippen molar-refractivity contribution in [2.24, 2.45) is 18.9 Å². The van der Waals surface area contributed by atoms with Crippen LogP contribution >= 0.6 is 0 Å². The molecule has 0 spiro atoms. The van der Waals surface area contributed by atoms with E-state index < -0.39 is 17.8 Å². The first-order chi connectivity index (χ1) is 9.49. The second kappa shape index (κ2) is 6.07. The Bertz CT molecular complexity index is 510. The Labute approximate surface area is 118 Å². The van der Waals surface area contributed by atoms with E-state index in [2.05, 4.69) is 10.4 Å². The lowest BCUT2D eigenvalue weighted by Gasteiger charge is -2.27. The van der Waals surface area contributed by atoms with Crippen LogP contribution in [-0.4, -0.2) is 26.8 Å². The van der Waals surface area contributed by atoms with Gasteiger partial charge in [-0.15, -0.1) is 0 Å². The van der Waals surface area contributed by atoms with Gasteiger partial charge in [-0.1, -0.05) is 12.8 Å². The quantitative estimate of drug-likeness (QED) is 0.868. The SMILES string of the molecule is Cc1nn(C)cc1CNC(=O)[C@@H]1CCCC[C@@H]1C(=O)O. The number of nitrogens with one attached hydrogen (secondary N) is 1. The van der Waals surface area contributed by atoms with Gasteiger partial charge in [0.05, 0.1) is 17.5 Å². The van der Waals surface area contributed by atoms with E-state index in [1.54, 1.807) is 4.68 Å². The van der Waals surface area contributed by atoms with Gasteiger partial charge in [0.25, 0.3) is 0 Å². The average Bonchev–Trinajstić information content (AvgIpc) is 2.74. The van der Waals surface area contributed by atoms with Crippen molar-refractivity contribution in [3.05, 3.63) is 17.5 Å². The van der Waals surface area contributed by atoms with Crippen LogP contribution in [-0.2, 0) is 23.2 Å². The summed E-state index contributed by atoms with van der Waals surface area (Å²) in [6, 6.07) is 0. The number of hydrogen-bond acceptors (Lipinski definition) is 3. The molecule has 1 saturated carbocycles. The van der Waals surface area contributed by atoms with Crippen molar-refractivity contribution in [1.29, 1.82) is 0 Å². The van der Waals surface area contributed by atoms with Crippen molar-refractivity contribution in [3.63, 3.8) is 0 Å². The largest absolute Gasteiger partial charge is 0.481 e. The molecule has 6 heteroatoms. The summed E-state index contributed by atoms with van der Waals surface area (Å²) in [4.78, 5) is 23.4. The summed E-state index contributed by atoms with van der Waals surface area (Å²) >= 11 is 0. The highest BCUT2D eigenvalue weighted by molar-refractivity contribution is 5.84. The minimum absolute atomic E-state index is 0.152. The molecule has 0 radical (unpaired) electrons. The van der Waals surface area contributed by atoms with Crippen LogP contribution in [0.25, 0.3) is 0 Å². The van der Waals surface area contributed by atoms with Crippen molar-refractivity contribution in [3.8, 4) is 0 Å². The molecule has 1 heterocycles. The zero-order valence-corrected chi connectivity index (χ0v) is 11.9. The second-order valence-corrected chi connectivity index (χ2v) is 5.47. The Hall–Kier alpha value is -1.85. The second-order valence-electron chi connectivity index (χ2n) is 5.47. The van der Waals surface area contributed by atoms with Gasteiger partial charge in [0.1, 0.15) is 0 Å². The van der Waals surface area contributed by atoms with Gasteiger partial charge in [-0.2, -0.15) is 5.10 Å². The lowest BCUT2D eigenvalue weighted by molar-refractivity contribution is -0.148. The van der Waals surface area contributed by atoms with Crippen LogP contribution in [0.15, 0.2) is 6.20 Å². The van der Waals surface area contributed by atoms with E-state index in [9.17, 15) is 14.7 Å². The van der Waals surface area contributed by atoms with Crippen LogP contribution in [0.2, 0.25) is 0 Å². The molecule has 0 saturated heterocycles. The third-order valence-corrected chi connectivity index (χ3v) is 3.99. The van der Waals surface area contributed by atoms with Crippen LogP contribution in [0, 0.1) is 18.8 Å². The fourth-order valence-corrected chi connectivity index (χ4v) is 2.88. The van der Waals surface area contributed by atoms with Gasteiger partial charge in [0.15, 0.2) is 0 Å². The van der Waals surface area contributed by atoms with Crippen LogP contribution < -0.4 is 5.32 Å². The molecular formula is C14H21N3O3. The number of aliphatic carboxylic acids is 1. The lowest BCUT2D eigenvalue weighted by Crippen LogP contribution is -2.39. The van der Waals surface area contributed by atoms with Crippen molar-refractivity contribution < 1.29 is 14.7 Å². The average molecular weight is 279 g/mol. The van der Waals surface area contributed by atoms with E-state index >= 15 is 0 Å². The van der Waals surface area contributed by atoms with Gasteiger partial charge >= 0.3 is 5.97 Å². The number of aromatic nitrogens is 2. The number of amides is 1. The smallest absolute Gasteiger partial charge is 0.307 e. The molecule has 1 aliphatic rings. The van der Waals surface area contributed by atoms with Crippen LogP contribution in [0.4, 0.5) is 0 Å². The number of carbonyl (C=O) groups excluding carboxylic acids is 1. The van der Waals surface area contributed by atoms with E-state index in [-0.39, 0.29) is 5.91 Å². The monoisotopic (exact) mass is 279 g/mol. The van der Waals surface area contributed by atoms with Gasteiger partial charge in [-0.25, -0.2) is 0 Å². The number of aryl methyl sites for hydroxylation is 2. The maximum Gasteiger partial charge on any atom is 0.307 e. The Balaban J connectivity index is 1.96. The molecular weight excluding hydrogens is 258 g/mol. The van der Waals surface area contributed by atoms with Gasteiger partial charge in [0.2, 0.25) is 5.91 Å².